The van der Waals surface area contributed by atoms with E-state index in [9.17, 15) is 0 Å². The molecule has 1 heterocycles. The van der Waals surface area contributed by atoms with Crippen LogP contribution in [0.4, 0.5) is 11.6 Å². The molecule has 1 aromatic heterocycles. The van der Waals surface area contributed by atoms with Crippen LogP contribution in [-0.2, 0) is 6.42 Å². The van der Waals surface area contributed by atoms with Crippen molar-refractivity contribution in [2.75, 3.05) is 10.7 Å². The van der Waals surface area contributed by atoms with E-state index in [0.29, 0.717) is 11.9 Å². The largest absolute Gasteiger partial charge is 0.367 e. The maximum atomic E-state index is 5.46. The number of aryl methyl sites for hydroxylation is 1. The minimum atomic E-state index is 0.535. The van der Waals surface area contributed by atoms with E-state index in [2.05, 4.69) is 34.6 Å². The highest BCUT2D eigenvalue weighted by molar-refractivity contribution is 5.47. The molecule has 0 spiro atoms. The van der Waals surface area contributed by atoms with Crippen LogP contribution in [0, 0.1) is 5.92 Å². The summed E-state index contributed by atoms with van der Waals surface area (Å²) in [4.78, 5) is 8.84. The average Bonchev–Trinajstić information content (AvgIpc) is 2.49. The normalized spacial score (nSPS) is 22.6. The van der Waals surface area contributed by atoms with E-state index >= 15 is 0 Å². The lowest BCUT2D eigenvalue weighted by Crippen LogP contribution is -2.27. The number of nitrogens with zero attached hydrogens (tertiary/aromatic N) is 2. The summed E-state index contributed by atoms with van der Waals surface area (Å²) >= 11 is 0. The first kappa shape index (κ1) is 15.0. The summed E-state index contributed by atoms with van der Waals surface area (Å²) in [7, 11) is 0. The highest BCUT2D eigenvalue weighted by Crippen LogP contribution is 2.29. The van der Waals surface area contributed by atoms with Crippen LogP contribution < -0.4 is 16.6 Å². The Balaban J connectivity index is 1.93. The van der Waals surface area contributed by atoms with Gasteiger partial charge in [0, 0.05) is 18.5 Å². The number of nitrogens with two attached hydrogens (primary N) is 1. The van der Waals surface area contributed by atoms with Gasteiger partial charge in [-0.3, -0.25) is 0 Å². The lowest BCUT2D eigenvalue weighted by molar-refractivity contribution is 0.318. The number of rotatable bonds is 6. The summed E-state index contributed by atoms with van der Waals surface area (Å²) in [5.74, 6) is 8.78. The van der Waals surface area contributed by atoms with Crippen molar-refractivity contribution in [2.45, 2.75) is 64.8 Å². The number of anilines is 2. The van der Waals surface area contributed by atoms with Crippen molar-refractivity contribution in [3.8, 4) is 0 Å². The SMILES string of the molecule is CCCC1CCC(Nc2cc(NN)nc(CC)n2)CC1. The predicted molar refractivity (Wildman–Crippen MR) is 83.5 cm³/mol. The van der Waals surface area contributed by atoms with Gasteiger partial charge in [-0.15, -0.1) is 0 Å². The Morgan fingerprint density at radius 3 is 2.45 bits per heavy atom. The van der Waals surface area contributed by atoms with Gasteiger partial charge in [-0.05, 0) is 31.6 Å². The van der Waals surface area contributed by atoms with E-state index in [0.717, 1.165) is 24.0 Å². The van der Waals surface area contributed by atoms with Crippen molar-refractivity contribution in [1.82, 2.24) is 9.97 Å². The van der Waals surface area contributed by atoms with Crippen molar-refractivity contribution in [3.63, 3.8) is 0 Å². The number of hydrogen-bond acceptors (Lipinski definition) is 5. The summed E-state index contributed by atoms with van der Waals surface area (Å²) in [5.41, 5.74) is 2.61. The second-order valence-corrected chi connectivity index (χ2v) is 5.70. The van der Waals surface area contributed by atoms with E-state index in [-0.39, 0.29) is 0 Å². The Morgan fingerprint density at radius 1 is 1.15 bits per heavy atom. The lowest BCUT2D eigenvalue weighted by atomic mass is 9.83. The van der Waals surface area contributed by atoms with Gasteiger partial charge in [0.25, 0.3) is 0 Å². The molecule has 1 fully saturated rings. The molecule has 0 atom stereocenters. The summed E-state index contributed by atoms with van der Waals surface area (Å²) in [6.07, 6.45) is 8.64. The van der Waals surface area contributed by atoms with Gasteiger partial charge in [0.15, 0.2) is 0 Å². The Hall–Kier alpha value is -1.36. The van der Waals surface area contributed by atoms with E-state index in [1.54, 1.807) is 0 Å². The molecule has 1 aromatic rings. The molecule has 112 valence electrons. The molecule has 20 heavy (non-hydrogen) atoms. The Morgan fingerprint density at radius 2 is 1.85 bits per heavy atom. The van der Waals surface area contributed by atoms with Gasteiger partial charge in [0.05, 0.1) is 0 Å². The summed E-state index contributed by atoms with van der Waals surface area (Å²) in [5, 5.41) is 3.55. The van der Waals surface area contributed by atoms with Crippen molar-refractivity contribution in [1.29, 1.82) is 0 Å². The number of aromatic nitrogens is 2. The molecule has 0 bridgehead atoms. The van der Waals surface area contributed by atoms with Crippen LogP contribution in [-0.4, -0.2) is 16.0 Å². The van der Waals surface area contributed by atoms with Gasteiger partial charge in [-0.25, -0.2) is 15.8 Å². The summed E-state index contributed by atoms with van der Waals surface area (Å²) < 4.78 is 0. The molecule has 0 aromatic carbocycles. The highest BCUT2D eigenvalue weighted by atomic mass is 15.3. The second-order valence-electron chi connectivity index (χ2n) is 5.70. The Bertz CT molecular complexity index is 390. The van der Waals surface area contributed by atoms with E-state index in [4.69, 9.17) is 5.84 Å². The van der Waals surface area contributed by atoms with Crippen LogP contribution in [0.5, 0.6) is 0 Å². The fourth-order valence-electron chi connectivity index (χ4n) is 3.02. The molecule has 1 saturated carbocycles. The maximum absolute atomic E-state index is 5.46. The second kappa shape index (κ2) is 7.43. The molecule has 0 amide bonds. The third-order valence-electron chi connectivity index (χ3n) is 4.13. The summed E-state index contributed by atoms with van der Waals surface area (Å²) in [6.45, 7) is 4.33. The maximum Gasteiger partial charge on any atom is 0.145 e. The van der Waals surface area contributed by atoms with E-state index in [1.807, 2.05) is 6.07 Å². The van der Waals surface area contributed by atoms with Crippen molar-refractivity contribution < 1.29 is 0 Å². The van der Waals surface area contributed by atoms with Crippen LogP contribution in [0.25, 0.3) is 0 Å². The van der Waals surface area contributed by atoms with Gasteiger partial charge in [-0.2, -0.15) is 0 Å². The molecule has 5 nitrogen and oxygen atoms in total. The highest BCUT2D eigenvalue weighted by Gasteiger charge is 2.20. The van der Waals surface area contributed by atoms with E-state index < -0.39 is 0 Å². The zero-order chi connectivity index (χ0) is 14.4. The van der Waals surface area contributed by atoms with Gasteiger partial charge < -0.3 is 10.7 Å². The summed E-state index contributed by atoms with van der Waals surface area (Å²) in [6, 6.07) is 2.42. The van der Waals surface area contributed by atoms with Crippen LogP contribution in [0.15, 0.2) is 6.07 Å². The fourth-order valence-corrected chi connectivity index (χ4v) is 3.02. The minimum Gasteiger partial charge on any atom is -0.367 e. The standard InChI is InChI=1S/C15H27N5/c1-3-5-11-6-8-12(9-7-11)17-14-10-15(20-16)19-13(4-2)18-14/h10-12H,3-9,16H2,1-2H3,(H2,17,18,19,20). The fraction of sp³-hybridized carbons (Fsp3) is 0.733. The first-order valence-electron chi connectivity index (χ1n) is 7.86. The Labute approximate surface area is 121 Å². The average molecular weight is 277 g/mol. The molecular formula is C15H27N5. The van der Waals surface area contributed by atoms with Crippen molar-refractivity contribution in [2.24, 2.45) is 11.8 Å². The number of nitrogens with one attached hydrogen (secondary N) is 2. The van der Waals surface area contributed by atoms with Crippen molar-refractivity contribution in [3.05, 3.63) is 11.9 Å². The smallest absolute Gasteiger partial charge is 0.145 e. The van der Waals surface area contributed by atoms with E-state index in [1.165, 1.54) is 38.5 Å². The molecular weight excluding hydrogens is 250 g/mol. The zero-order valence-corrected chi connectivity index (χ0v) is 12.7. The van der Waals surface area contributed by atoms with Gasteiger partial charge in [-0.1, -0.05) is 26.7 Å². The minimum absolute atomic E-state index is 0.535. The lowest BCUT2D eigenvalue weighted by Gasteiger charge is -2.29. The van der Waals surface area contributed by atoms with Crippen LogP contribution >= 0.6 is 0 Å². The molecule has 0 aliphatic heterocycles. The monoisotopic (exact) mass is 277 g/mol. The molecule has 0 saturated heterocycles. The number of hydrogen-bond donors (Lipinski definition) is 3. The molecule has 4 N–H and O–H groups in total. The predicted octanol–water partition coefficient (Wildman–Crippen LogP) is 3.10. The Kier molecular flexibility index (Phi) is 5.59. The molecule has 5 heteroatoms. The first-order chi connectivity index (χ1) is 9.75. The molecule has 0 radical (unpaired) electrons. The molecule has 2 rings (SSSR count). The first-order valence-corrected chi connectivity index (χ1v) is 7.86. The quantitative estimate of drug-likeness (QED) is 0.550. The van der Waals surface area contributed by atoms with Crippen LogP contribution in [0.1, 0.15) is 58.2 Å². The molecule has 1 aliphatic carbocycles. The molecule has 0 unspecified atom stereocenters. The van der Waals surface area contributed by atoms with Gasteiger partial charge >= 0.3 is 0 Å². The van der Waals surface area contributed by atoms with Crippen LogP contribution in [0.3, 0.4) is 0 Å². The van der Waals surface area contributed by atoms with Gasteiger partial charge in [0.1, 0.15) is 17.5 Å². The van der Waals surface area contributed by atoms with Crippen molar-refractivity contribution >= 4 is 11.6 Å². The molecule has 1 aliphatic rings. The number of nitrogen functional groups attached to an aromatic ring is 1. The topological polar surface area (TPSA) is 75.9 Å². The number of hydrazine groups is 1. The van der Waals surface area contributed by atoms with Gasteiger partial charge in [0.2, 0.25) is 0 Å². The third-order valence-corrected chi connectivity index (χ3v) is 4.13. The zero-order valence-electron chi connectivity index (χ0n) is 12.7. The van der Waals surface area contributed by atoms with Crippen LogP contribution in [0.2, 0.25) is 0 Å². The third kappa shape index (κ3) is 4.07.